The molecule has 146 valence electrons. The number of hydrogen-bond donors (Lipinski definition) is 3. The van der Waals surface area contributed by atoms with Crippen LogP contribution in [-0.4, -0.2) is 25.9 Å². The van der Waals surface area contributed by atoms with Crippen LogP contribution in [0.2, 0.25) is 0 Å². The topological polar surface area (TPSA) is 108 Å². The number of amides is 1. The number of H-pyrrole nitrogens is 1. The van der Waals surface area contributed by atoms with Gasteiger partial charge >= 0.3 is 0 Å². The average Bonchev–Trinajstić information content (AvgIpc) is 2.63. The molecule has 0 saturated heterocycles. The first-order chi connectivity index (χ1) is 13.3. The summed E-state index contributed by atoms with van der Waals surface area (Å²) in [6.45, 7) is 3.39. The maximum absolute atomic E-state index is 12.4. The van der Waals surface area contributed by atoms with Gasteiger partial charge in [-0.15, -0.1) is 0 Å². The van der Waals surface area contributed by atoms with Gasteiger partial charge in [0.05, 0.1) is 10.4 Å². The zero-order valence-corrected chi connectivity index (χ0v) is 16.4. The molecule has 28 heavy (non-hydrogen) atoms. The Morgan fingerprint density at radius 2 is 1.82 bits per heavy atom. The van der Waals surface area contributed by atoms with Crippen LogP contribution in [0, 0.1) is 6.92 Å². The molecule has 0 aliphatic rings. The second kappa shape index (κ2) is 7.95. The van der Waals surface area contributed by atoms with Gasteiger partial charge in [-0.3, -0.25) is 9.59 Å². The molecule has 8 heteroatoms. The van der Waals surface area contributed by atoms with Crippen molar-refractivity contribution in [2.24, 2.45) is 0 Å². The minimum absolute atomic E-state index is 0.0876. The molecule has 3 rings (SSSR count). The Morgan fingerprint density at radius 3 is 2.50 bits per heavy atom. The van der Waals surface area contributed by atoms with Gasteiger partial charge in [0.1, 0.15) is 0 Å². The van der Waals surface area contributed by atoms with Gasteiger partial charge in [-0.2, -0.15) is 0 Å². The monoisotopic (exact) mass is 399 g/mol. The number of aryl methyl sites for hydroxylation is 1. The van der Waals surface area contributed by atoms with E-state index in [-0.39, 0.29) is 29.3 Å². The molecule has 3 N–H and O–H groups in total. The van der Waals surface area contributed by atoms with E-state index in [1.165, 1.54) is 31.2 Å². The van der Waals surface area contributed by atoms with Gasteiger partial charge in [-0.1, -0.05) is 18.2 Å². The van der Waals surface area contributed by atoms with Crippen molar-refractivity contribution in [3.8, 4) is 0 Å². The average molecular weight is 399 g/mol. The maximum Gasteiger partial charge on any atom is 0.251 e. The van der Waals surface area contributed by atoms with Gasteiger partial charge in [0.2, 0.25) is 15.9 Å². The van der Waals surface area contributed by atoms with E-state index >= 15 is 0 Å². The van der Waals surface area contributed by atoms with Gasteiger partial charge in [0.15, 0.2) is 0 Å². The van der Waals surface area contributed by atoms with Crippen LogP contribution in [-0.2, 0) is 21.2 Å². The fraction of sp³-hybridized carbons (Fsp3) is 0.200. The summed E-state index contributed by atoms with van der Waals surface area (Å²) in [5.41, 5.74) is 2.58. The van der Waals surface area contributed by atoms with Crippen LogP contribution in [0.25, 0.3) is 10.9 Å². The molecule has 7 nitrogen and oxygen atoms in total. The lowest BCUT2D eigenvalue weighted by Gasteiger charge is -2.09. The second-order valence-electron chi connectivity index (χ2n) is 6.52. The summed E-state index contributed by atoms with van der Waals surface area (Å²) in [6.07, 6.45) is 0.266. The Morgan fingerprint density at radius 1 is 1.11 bits per heavy atom. The molecule has 0 unspecified atom stereocenters. The number of aromatic nitrogens is 1. The highest BCUT2D eigenvalue weighted by molar-refractivity contribution is 7.89. The van der Waals surface area contributed by atoms with Crippen LogP contribution >= 0.6 is 0 Å². The number of sulfonamides is 1. The smallest absolute Gasteiger partial charge is 0.251 e. The quantitative estimate of drug-likeness (QED) is 0.591. The molecule has 0 aliphatic heterocycles. The van der Waals surface area contributed by atoms with Crippen LogP contribution in [0.5, 0.6) is 0 Å². The zero-order chi connectivity index (χ0) is 20.3. The fourth-order valence-electron chi connectivity index (χ4n) is 2.94. The van der Waals surface area contributed by atoms with E-state index in [0.29, 0.717) is 11.3 Å². The van der Waals surface area contributed by atoms with Gasteiger partial charge in [0.25, 0.3) is 5.56 Å². The van der Waals surface area contributed by atoms with E-state index in [1.807, 2.05) is 25.1 Å². The minimum atomic E-state index is -3.71. The Kier molecular flexibility index (Phi) is 5.62. The summed E-state index contributed by atoms with van der Waals surface area (Å²) < 4.78 is 27.3. The standard InChI is InChI=1S/C20H21N3O4S/c1-13-4-3-5-15-12-16(20(25)23-19(13)15)10-11-21-28(26,27)18-8-6-17(7-9-18)22-14(2)24/h3-9,12,21H,10-11H2,1-2H3,(H,22,24)(H,23,25). The number of anilines is 1. The van der Waals surface area contributed by atoms with Crippen LogP contribution in [0.3, 0.4) is 0 Å². The van der Waals surface area contributed by atoms with E-state index in [1.54, 1.807) is 6.07 Å². The molecular weight excluding hydrogens is 378 g/mol. The largest absolute Gasteiger partial charge is 0.326 e. The lowest BCUT2D eigenvalue weighted by Crippen LogP contribution is -2.27. The first kappa shape index (κ1) is 19.8. The van der Waals surface area contributed by atoms with E-state index in [0.717, 1.165) is 16.5 Å². The third-order valence-corrected chi connectivity index (χ3v) is 5.81. The van der Waals surface area contributed by atoms with Crippen molar-refractivity contribution >= 4 is 32.5 Å². The number of fused-ring (bicyclic) bond motifs is 1. The second-order valence-corrected chi connectivity index (χ2v) is 8.28. The van der Waals surface area contributed by atoms with Crippen LogP contribution in [0.1, 0.15) is 18.1 Å². The molecule has 2 aromatic carbocycles. The molecule has 0 fully saturated rings. The summed E-state index contributed by atoms with van der Waals surface area (Å²) in [4.78, 5) is 26.2. The van der Waals surface area contributed by atoms with Crippen molar-refractivity contribution < 1.29 is 13.2 Å². The Balaban J connectivity index is 1.70. The first-order valence-corrected chi connectivity index (χ1v) is 10.2. The zero-order valence-electron chi connectivity index (χ0n) is 15.6. The predicted octanol–water partition coefficient (Wildman–Crippen LogP) is 2.32. The highest BCUT2D eigenvalue weighted by Gasteiger charge is 2.14. The number of nitrogens with one attached hydrogen (secondary N) is 3. The number of aromatic amines is 1. The SMILES string of the molecule is CC(=O)Nc1ccc(S(=O)(=O)NCCc2cc3cccc(C)c3[nH]c2=O)cc1. The molecule has 3 aromatic rings. The third kappa shape index (κ3) is 4.47. The van der Waals surface area contributed by atoms with Crippen molar-refractivity contribution in [3.05, 3.63) is 70.0 Å². The number of carbonyl (C=O) groups is 1. The maximum atomic E-state index is 12.4. The summed E-state index contributed by atoms with van der Waals surface area (Å²) in [7, 11) is -3.71. The van der Waals surface area contributed by atoms with Crippen LogP contribution in [0.15, 0.2) is 58.2 Å². The van der Waals surface area contributed by atoms with E-state index < -0.39 is 10.0 Å². The molecule has 1 amide bonds. The molecule has 0 radical (unpaired) electrons. The van der Waals surface area contributed by atoms with Gasteiger partial charge in [0, 0.05) is 24.7 Å². The number of hydrogen-bond acceptors (Lipinski definition) is 4. The Labute approximate surface area is 162 Å². The first-order valence-electron chi connectivity index (χ1n) is 8.75. The fourth-order valence-corrected chi connectivity index (χ4v) is 3.97. The molecule has 0 spiro atoms. The van der Waals surface area contributed by atoms with Crippen LogP contribution < -0.4 is 15.6 Å². The lowest BCUT2D eigenvalue weighted by atomic mass is 10.1. The van der Waals surface area contributed by atoms with Crippen molar-refractivity contribution in [1.29, 1.82) is 0 Å². The summed E-state index contributed by atoms with van der Waals surface area (Å²) >= 11 is 0. The van der Waals surface area contributed by atoms with Gasteiger partial charge in [-0.25, -0.2) is 13.1 Å². The number of para-hydroxylation sites is 1. The summed E-state index contributed by atoms with van der Waals surface area (Å²) in [5.74, 6) is -0.232. The summed E-state index contributed by atoms with van der Waals surface area (Å²) in [6, 6.07) is 13.4. The third-order valence-electron chi connectivity index (χ3n) is 4.34. The van der Waals surface area contributed by atoms with E-state index in [4.69, 9.17) is 0 Å². The van der Waals surface area contributed by atoms with Crippen molar-refractivity contribution in [1.82, 2.24) is 9.71 Å². The summed E-state index contributed by atoms with van der Waals surface area (Å²) in [5, 5.41) is 3.49. The number of benzene rings is 2. The predicted molar refractivity (Wildman–Crippen MR) is 109 cm³/mol. The highest BCUT2D eigenvalue weighted by atomic mass is 32.2. The van der Waals surface area contributed by atoms with Crippen molar-refractivity contribution in [2.75, 3.05) is 11.9 Å². The normalized spacial score (nSPS) is 11.5. The molecule has 0 saturated carbocycles. The van der Waals surface area contributed by atoms with Crippen LogP contribution in [0.4, 0.5) is 5.69 Å². The molecule has 1 heterocycles. The van der Waals surface area contributed by atoms with E-state index in [9.17, 15) is 18.0 Å². The minimum Gasteiger partial charge on any atom is -0.326 e. The Hall–Kier alpha value is -2.97. The van der Waals surface area contributed by atoms with Crippen molar-refractivity contribution in [2.45, 2.75) is 25.2 Å². The van der Waals surface area contributed by atoms with Crippen molar-refractivity contribution in [3.63, 3.8) is 0 Å². The Bertz CT molecular complexity index is 1180. The van der Waals surface area contributed by atoms with Gasteiger partial charge in [-0.05, 0) is 54.6 Å². The molecule has 0 aliphatic carbocycles. The lowest BCUT2D eigenvalue weighted by molar-refractivity contribution is -0.114. The molecule has 0 atom stereocenters. The number of rotatable bonds is 6. The highest BCUT2D eigenvalue weighted by Crippen LogP contribution is 2.16. The molecule has 1 aromatic heterocycles. The molecule has 0 bridgehead atoms. The van der Waals surface area contributed by atoms with E-state index in [2.05, 4.69) is 15.0 Å². The van der Waals surface area contributed by atoms with Gasteiger partial charge < -0.3 is 10.3 Å². The molecular formula is C20H21N3O4S. The number of carbonyl (C=O) groups excluding carboxylic acids is 1. The number of pyridine rings is 1.